The van der Waals surface area contributed by atoms with Gasteiger partial charge in [-0.25, -0.2) is 35.2 Å². The minimum Gasteiger partial charge on any atom is -0.481 e. The van der Waals surface area contributed by atoms with Crippen molar-refractivity contribution in [2.45, 2.75) is 64.9 Å². The second-order valence-electron chi connectivity index (χ2n) is 13.2. The molecule has 4 aromatic rings. The number of thiophene rings is 1. The molecule has 2 aliphatic rings. The molecular weight excluding hydrogens is 797 g/mol. The number of methoxy groups -OCH3 is 1. The lowest BCUT2D eigenvalue weighted by atomic mass is 9.98. The van der Waals surface area contributed by atoms with Crippen molar-refractivity contribution >= 4 is 63.1 Å². The number of pyridine rings is 1. The molecule has 0 saturated carbocycles. The van der Waals surface area contributed by atoms with Gasteiger partial charge in [0.25, 0.3) is 5.91 Å². The van der Waals surface area contributed by atoms with Gasteiger partial charge in [0.2, 0.25) is 18.1 Å². The first-order chi connectivity index (χ1) is 28.3. The van der Waals surface area contributed by atoms with Crippen LogP contribution >= 0.6 is 11.3 Å². The number of hydrogen-bond acceptors (Lipinski definition) is 21. The van der Waals surface area contributed by atoms with Gasteiger partial charge in [0.1, 0.15) is 12.7 Å². The van der Waals surface area contributed by atoms with Crippen molar-refractivity contribution in [2.75, 3.05) is 56.9 Å². The predicted molar refractivity (Wildman–Crippen MR) is 205 cm³/mol. The summed E-state index contributed by atoms with van der Waals surface area (Å²) in [4.78, 5) is 94.4. The Morgan fingerprint density at radius 3 is 2.19 bits per heavy atom. The van der Waals surface area contributed by atoms with Crippen LogP contribution in [-0.2, 0) is 59.0 Å². The SMILES string of the molecule is COc1ccc(-c2nc(N3CCOCC3)c3sc(CN(C)c4ncc(C(=O)NO[C@@H]5O[C@H](COC(C)=O)[C@H](OC(C)=O)[C@H](OC(C)=O)[C@H]5OC(C)=O)cn4)cc3n2)cn1. The maximum atomic E-state index is 13.2. The molecule has 4 aromatic heterocycles. The summed E-state index contributed by atoms with van der Waals surface area (Å²) in [5.41, 5.74) is 3.71. The highest BCUT2D eigenvalue weighted by Crippen LogP contribution is 2.35. The topological polar surface area (TPSA) is 242 Å². The molecule has 6 rings (SSSR count). The number of anilines is 2. The molecule has 6 heterocycles. The van der Waals surface area contributed by atoms with Crippen LogP contribution in [0.3, 0.4) is 0 Å². The summed E-state index contributed by atoms with van der Waals surface area (Å²) in [5, 5.41) is 0. The van der Waals surface area contributed by atoms with E-state index in [1.807, 2.05) is 12.1 Å². The first-order valence-corrected chi connectivity index (χ1v) is 19.0. The summed E-state index contributed by atoms with van der Waals surface area (Å²) < 4.78 is 38.7. The number of rotatable bonds is 14. The van der Waals surface area contributed by atoms with Gasteiger partial charge in [0, 0.05) is 82.9 Å². The average molecular weight is 839 g/mol. The molecule has 314 valence electrons. The molecular formula is C37H42N8O13S. The summed E-state index contributed by atoms with van der Waals surface area (Å²) in [5.74, 6) is -1.81. The third kappa shape index (κ3) is 10.7. The number of esters is 4. The summed E-state index contributed by atoms with van der Waals surface area (Å²) in [6.07, 6.45) is -3.09. The molecule has 2 saturated heterocycles. The van der Waals surface area contributed by atoms with Gasteiger partial charge < -0.3 is 43.0 Å². The molecule has 2 fully saturated rings. The fourth-order valence-corrected chi connectivity index (χ4v) is 7.35. The molecule has 0 aliphatic carbocycles. The largest absolute Gasteiger partial charge is 0.481 e. The fraction of sp³-hybridized carbons (Fsp3) is 0.459. The Bertz CT molecular complexity index is 2150. The molecule has 22 heteroatoms. The molecule has 0 bridgehead atoms. The highest BCUT2D eigenvalue weighted by atomic mass is 32.1. The van der Waals surface area contributed by atoms with Crippen LogP contribution in [0.4, 0.5) is 11.8 Å². The number of ether oxygens (including phenoxy) is 7. The Kier molecular flexibility index (Phi) is 13.8. The zero-order valence-electron chi connectivity index (χ0n) is 32.9. The Balaban J connectivity index is 1.16. The Labute approximate surface area is 341 Å². The van der Waals surface area contributed by atoms with Crippen molar-refractivity contribution in [1.82, 2.24) is 30.4 Å². The maximum absolute atomic E-state index is 13.2. The molecule has 0 spiro atoms. The van der Waals surface area contributed by atoms with Crippen LogP contribution < -0.4 is 20.0 Å². The first-order valence-electron chi connectivity index (χ1n) is 18.2. The fourth-order valence-electron chi connectivity index (χ4n) is 6.19. The van der Waals surface area contributed by atoms with Crippen molar-refractivity contribution in [3.63, 3.8) is 0 Å². The zero-order chi connectivity index (χ0) is 42.2. The normalized spacial score (nSPS) is 20.3. The van der Waals surface area contributed by atoms with Gasteiger partial charge in [-0.1, -0.05) is 0 Å². The van der Waals surface area contributed by atoms with Crippen LogP contribution in [0.5, 0.6) is 5.88 Å². The first kappa shape index (κ1) is 42.5. The van der Waals surface area contributed by atoms with Crippen LogP contribution in [-0.4, -0.2) is 132 Å². The van der Waals surface area contributed by atoms with Crippen molar-refractivity contribution in [3.05, 3.63) is 47.2 Å². The summed E-state index contributed by atoms with van der Waals surface area (Å²) in [7, 11) is 3.35. The maximum Gasteiger partial charge on any atom is 0.303 e. The highest BCUT2D eigenvalue weighted by molar-refractivity contribution is 7.19. The van der Waals surface area contributed by atoms with E-state index >= 15 is 0 Å². The Hall–Kier alpha value is -6.10. The molecule has 0 unspecified atom stereocenters. The molecule has 59 heavy (non-hydrogen) atoms. The van der Waals surface area contributed by atoms with E-state index in [4.69, 9.17) is 48.0 Å². The molecule has 2 aliphatic heterocycles. The number of carbonyl (C=O) groups excluding carboxylic acids is 5. The number of morpholine rings is 1. The van der Waals surface area contributed by atoms with E-state index in [2.05, 4.69) is 25.3 Å². The lowest BCUT2D eigenvalue weighted by Gasteiger charge is -2.43. The number of aromatic nitrogens is 5. The van der Waals surface area contributed by atoms with Crippen molar-refractivity contribution in [1.29, 1.82) is 0 Å². The number of nitrogens with one attached hydrogen (secondary N) is 1. The standard InChI is InChI=1S/C37H42N8O13S/c1-19(46)53-18-27-29(54-20(2)47)30(55-21(3)48)31(56-22(4)49)36(57-27)58-43-35(50)24-15-39-37(40-16-24)44(5)17-25-13-26-32(59-25)34(45-9-11-52-12-10-45)42-33(41-26)23-7-8-28(51-6)38-14-23/h7-8,13-16,27,29-31,36H,9-12,17-18H2,1-6H3,(H,43,50)/t27-,29+,30+,31-,36+/m1/s1. The minimum absolute atomic E-state index is 0.0133. The number of nitrogens with zero attached hydrogens (tertiary/aromatic N) is 7. The van der Waals surface area contributed by atoms with Crippen LogP contribution in [0, 0.1) is 0 Å². The monoisotopic (exact) mass is 838 g/mol. The molecule has 0 aromatic carbocycles. The smallest absolute Gasteiger partial charge is 0.303 e. The van der Waals surface area contributed by atoms with E-state index in [9.17, 15) is 24.0 Å². The Morgan fingerprint density at radius 1 is 0.881 bits per heavy atom. The van der Waals surface area contributed by atoms with Crippen LogP contribution in [0.2, 0.25) is 0 Å². The lowest BCUT2D eigenvalue weighted by molar-refractivity contribution is -0.317. The van der Waals surface area contributed by atoms with Gasteiger partial charge in [0.15, 0.2) is 30.0 Å². The molecule has 5 atom stereocenters. The number of hydrogen-bond donors (Lipinski definition) is 1. The number of carbonyl (C=O) groups is 5. The summed E-state index contributed by atoms with van der Waals surface area (Å²) in [6.45, 7) is 6.87. The van der Waals surface area contributed by atoms with E-state index in [0.717, 1.165) is 54.2 Å². The van der Waals surface area contributed by atoms with Crippen molar-refractivity contribution < 1.29 is 62.0 Å². The van der Waals surface area contributed by atoms with E-state index in [-0.39, 0.29) is 5.56 Å². The average Bonchev–Trinajstić information content (AvgIpc) is 3.62. The van der Waals surface area contributed by atoms with Crippen LogP contribution in [0.15, 0.2) is 36.8 Å². The van der Waals surface area contributed by atoms with E-state index in [1.165, 1.54) is 12.4 Å². The minimum atomic E-state index is -1.63. The van der Waals surface area contributed by atoms with Gasteiger partial charge in [-0.05, 0) is 12.1 Å². The molecule has 0 radical (unpaired) electrons. The van der Waals surface area contributed by atoms with Gasteiger partial charge in [-0.15, -0.1) is 11.3 Å². The Morgan fingerprint density at radius 2 is 1.56 bits per heavy atom. The third-order valence-corrected chi connectivity index (χ3v) is 9.87. The highest BCUT2D eigenvalue weighted by Gasteiger charge is 2.53. The molecule has 1 N–H and O–H groups in total. The third-order valence-electron chi connectivity index (χ3n) is 8.77. The predicted octanol–water partition coefficient (Wildman–Crippen LogP) is 1.77. The second-order valence-corrected chi connectivity index (χ2v) is 14.4. The van der Waals surface area contributed by atoms with Crippen LogP contribution in [0.25, 0.3) is 21.6 Å². The molecule has 21 nitrogen and oxygen atoms in total. The summed E-state index contributed by atoms with van der Waals surface area (Å²) >= 11 is 1.55. The van der Waals surface area contributed by atoms with Gasteiger partial charge in [-0.3, -0.25) is 24.0 Å². The van der Waals surface area contributed by atoms with Crippen molar-refractivity contribution in [2.24, 2.45) is 0 Å². The van der Waals surface area contributed by atoms with E-state index < -0.39 is 67.1 Å². The summed E-state index contributed by atoms with van der Waals surface area (Å²) in [6, 6.07) is 5.62. The zero-order valence-corrected chi connectivity index (χ0v) is 33.8. The van der Waals surface area contributed by atoms with Gasteiger partial charge >= 0.3 is 23.9 Å². The van der Waals surface area contributed by atoms with Gasteiger partial charge in [-0.2, -0.15) is 0 Å². The van der Waals surface area contributed by atoms with Crippen LogP contribution in [0.1, 0.15) is 42.9 Å². The number of amides is 1. The quantitative estimate of drug-likeness (QED) is 0.108. The molecule has 1 amide bonds. The number of hydroxylamine groups is 1. The van der Waals surface area contributed by atoms with E-state index in [1.54, 1.807) is 42.7 Å². The van der Waals surface area contributed by atoms with E-state index in [0.29, 0.717) is 50.5 Å². The van der Waals surface area contributed by atoms with Gasteiger partial charge in [0.05, 0.1) is 42.6 Å². The number of fused-ring (bicyclic) bond motifs is 1. The van der Waals surface area contributed by atoms with Crippen molar-refractivity contribution in [3.8, 4) is 17.3 Å². The second kappa shape index (κ2) is 19.1. The lowest BCUT2D eigenvalue weighted by Crippen LogP contribution is -2.63.